The second-order valence-corrected chi connectivity index (χ2v) is 7.39. The fraction of sp³-hybridized carbons (Fsp3) is 0.455. The molecule has 1 saturated heterocycles. The molecule has 1 fully saturated rings. The quantitative estimate of drug-likeness (QED) is 0.325. The summed E-state index contributed by atoms with van der Waals surface area (Å²) in [4.78, 5) is 10.9. The Morgan fingerprint density at radius 1 is 1.33 bits per heavy atom. The first-order chi connectivity index (χ1) is 14.0. The fourth-order valence-electron chi connectivity index (χ4n) is 3.35. The molecule has 1 aromatic carbocycles. The lowest BCUT2D eigenvalue weighted by atomic mass is 10.2. The molecular formula is C22H31FIN5O. The van der Waals surface area contributed by atoms with Gasteiger partial charge in [0.05, 0.1) is 12.6 Å². The van der Waals surface area contributed by atoms with Gasteiger partial charge >= 0.3 is 0 Å². The predicted octanol–water partition coefficient (Wildman–Crippen LogP) is 3.96. The highest BCUT2D eigenvalue weighted by atomic mass is 127. The van der Waals surface area contributed by atoms with Crippen molar-refractivity contribution in [3.8, 4) is 5.75 Å². The molecule has 0 radical (unpaired) electrons. The third kappa shape index (κ3) is 7.00. The van der Waals surface area contributed by atoms with Gasteiger partial charge < -0.3 is 20.3 Å². The van der Waals surface area contributed by atoms with Crippen LogP contribution in [0.5, 0.6) is 5.75 Å². The predicted molar refractivity (Wildman–Crippen MR) is 130 cm³/mol. The van der Waals surface area contributed by atoms with E-state index >= 15 is 0 Å². The monoisotopic (exact) mass is 527 g/mol. The maximum Gasteiger partial charge on any atom is 0.191 e. The highest BCUT2D eigenvalue weighted by molar-refractivity contribution is 14.0. The number of pyridine rings is 1. The van der Waals surface area contributed by atoms with Crippen LogP contribution in [0.25, 0.3) is 0 Å². The largest absolute Gasteiger partial charge is 0.491 e. The van der Waals surface area contributed by atoms with Crippen molar-refractivity contribution in [2.24, 2.45) is 4.99 Å². The third-order valence-electron chi connectivity index (χ3n) is 4.60. The molecule has 6 nitrogen and oxygen atoms in total. The van der Waals surface area contributed by atoms with Gasteiger partial charge in [0.2, 0.25) is 0 Å². The van der Waals surface area contributed by atoms with E-state index in [1.165, 1.54) is 6.07 Å². The fourth-order valence-corrected chi connectivity index (χ4v) is 3.35. The Bertz CT molecular complexity index is 833. The van der Waals surface area contributed by atoms with Gasteiger partial charge in [-0.15, -0.1) is 24.0 Å². The van der Waals surface area contributed by atoms with Crippen LogP contribution in [0, 0.1) is 5.82 Å². The van der Waals surface area contributed by atoms with E-state index in [4.69, 9.17) is 9.73 Å². The number of hydrogen-bond acceptors (Lipinski definition) is 4. The van der Waals surface area contributed by atoms with Crippen molar-refractivity contribution in [1.29, 1.82) is 0 Å². The van der Waals surface area contributed by atoms with E-state index in [1.807, 2.05) is 49.9 Å². The standard InChI is InChI=1S/C22H30FN5O.HI/c1-4-24-22(26-14-17-7-5-8-19(13-17)29-16(2)3)27-18-10-12-28(15-18)21-20(23)9-6-11-25-21;/h5-9,11,13,16,18H,4,10,12,14-15H2,1-3H3,(H2,24,26,27);1H. The first-order valence-electron chi connectivity index (χ1n) is 10.2. The van der Waals surface area contributed by atoms with Crippen molar-refractivity contribution in [3.63, 3.8) is 0 Å². The molecule has 2 aromatic rings. The summed E-state index contributed by atoms with van der Waals surface area (Å²) in [6.07, 6.45) is 2.67. The van der Waals surface area contributed by atoms with E-state index in [0.717, 1.165) is 36.8 Å². The molecule has 8 heteroatoms. The van der Waals surface area contributed by atoms with Gasteiger partial charge in [-0.05, 0) is 57.0 Å². The number of benzene rings is 1. The Balaban J connectivity index is 0.00000320. The van der Waals surface area contributed by atoms with E-state index in [0.29, 0.717) is 18.9 Å². The topological polar surface area (TPSA) is 61.8 Å². The molecule has 0 saturated carbocycles. The molecule has 1 aliphatic heterocycles. The van der Waals surface area contributed by atoms with Gasteiger partial charge in [-0.25, -0.2) is 14.4 Å². The molecule has 1 aromatic heterocycles. The van der Waals surface area contributed by atoms with E-state index in [-0.39, 0.29) is 41.9 Å². The van der Waals surface area contributed by atoms with E-state index in [9.17, 15) is 4.39 Å². The van der Waals surface area contributed by atoms with Crippen molar-refractivity contribution in [2.75, 3.05) is 24.5 Å². The summed E-state index contributed by atoms with van der Waals surface area (Å²) in [6.45, 7) is 8.84. The van der Waals surface area contributed by atoms with Gasteiger partial charge in [0.1, 0.15) is 5.75 Å². The molecule has 30 heavy (non-hydrogen) atoms. The number of aromatic nitrogens is 1. The Labute approximate surface area is 195 Å². The number of ether oxygens (including phenoxy) is 1. The maximum absolute atomic E-state index is 14.0. The normalized spacial score (nSPS) is 16.4. The van der Waals surface area contributed by atoms with Gasteiger partial charge in [-0.1, -0.05) is 12.1 Å². The van der Waals surface area contributed by atoms with Gasteiger partial charge in [0.15, 0.2) is 17.6 Å². The van der Waals surface area contributed by atoms with Gasteiger partial charge in [0, 0.05) is 31.9 Å². The lowest BCUT2D eigenvalue weighted by Crippen LogP contribution is -2.44. The first kappa shape index (κ1) is 24.2. The molecule has 0 amide bonds. The minimum absolute atomic E-state index is 0. The number of aliphatic imine (C=N–C) groups is 1. The molecule has 1 aliphatic rings. The summed E-state index contributed by atoms with van der Waals surface area (Å²) in [5, 5.41) is 6.76. The summed E-state index contributed by atoms with van der Waals surface area (Å²) in [6, 6.07) is 11.3. The molecule has 3 rings (SSSR count). The highest BCUT2D eigenvalue weighted by Crippen LogP contribution is 2.21. The Hall–Kier alpha value is -2.10. The lowest BCUT2D eigenvalue weighted by Gasteiger charge is -2.20. The van der Waals surface area contributed by atoms with Crippen LogP contribution in [0.4, 0.5) is 10.2 Å². The Kier molecular flexibility index (Phi) is 9.61. The number of halogens is 2. The minimum atomic E-state index is -0.280. The van der Waals surface area contributed by atoms with E-state index in [1.54, 1.807) is 12.3 Å². The van der Waals surface area contributed by atoms with E-state index in [2.05, 4.69) is 15.6 Å². The molecule has 2 N–H and O–H groups in total. The van der Waals surface area contributed by atoms with Crippen LogP contribution >= 0.6 is 24.0 Å². The summed E-state index contributed by atoms with van der Waals surface area (Å²) < 4.78 is 19.8. The van der Waals surface area contributed by atoms with E-state index < -0.39 is 0 Å². The molecular weight excluding hydrogens is 496 g/mol. The second kappa shape index (κ2) is 11.9. The highest BCUT2D eigenvalue weighted by Gasteiger charge is 2.25. The molecule has 0 aliphatic carbocycles. The van der Waals surface area contributed by atoms with Crippen LogP contribution in [0.1, 0.15) is 32.8 Å². The summed E-state index contributed by atoms with van der Waals surface area (Å²) in [7, 11) is 0. The van der Waals surface area contributed by atoms with Crippen LogP contribution in [-0.4, -0.2) is 42.7 Å². The number of nitrogens with one attached hydrogen (secondary N) is 2. The Morgan fingerprint density at radius 3 is 2.90 bits per heavy atom. The summed E-state index contributed by atoms with van der Waals surface area (Å²) >= 11 is 0. The zero-order valence-electron chi connectivity index (χ0n) is 17.8. The number of guanidine groups is 1. The molecule has 0 spiro atoms. The van der Waals surface area contributed by atoms with Gasteiger partial charge in [0.25, 0.3) is 0 Å². The van der Waals surface area contributed by atoms with Crippen molar-refractivity contribution >= 4 is 35.8 Å². The molecule has 2 heterocycles. The lowest BCUT2D eigenvalue weighted by molar-refractivity contribution is 0.242. The number of nitrogens with zero attached hydrogens (tertiary/aromatic N) is 3. The summed E-state index contributed by atoms with van der Waals surface area (Å²) in [5.74, 6) is 1.75. The number of hydrogen-bond donors (Lipinski definition) is 2. The van der Waals surface area contributed by atoms with Crippen molar-refractivity contribution < 1.29 is 9.13 Å². The van der Waals surface area contributed by atoms with Crippen LogP contribution < -0.4 is 20.3 Å². The maximum atomic E-state index is 14.0. The van der Waals surface area contributed by atoms with Crippen molar-refractivity contribution in [1.82, 2.24) is 15.6 Å². The van der Waals surface area contributed by atoms with Crippen molar-refractivity contribution in [3.05, 3.63) is 54.0 Å². The average molecular weight is 527 g/mol. The molecule has 0 bridgehead atoms. The van der Waals surface area contributed by atoms with Gasteiger partial charge in [-0.2, -0.15) is 0 Å². The zero-order valence-corrected chi connectivity index (χ0v) is 20.1. The van der Waals surface area contributed by atoms with Crippen LogP contribution in [0.15, 0.2) is 47.6 Å². The SMILES string of the molecule is CCNC(=NCc1cccc(OC(C)C)c1)NC1CCN(c2ncccc2F)C1.I. The van der Waals surface area contributed by atoms with Gasteiger partial charge in [-0.3, -0.25) is 0 Å². The van der Waals surface area contributed by atoms with Crippen LogP contribution in [0.3, 0.4) is 0 Å². The second-order valence-electron chi connectivity index (χ2n) is 7.39. The smallest absolute Gasteiger partial charge is 0.191 e. The van der Waals surface area contributed by atoms with Crippen LogP contribution in [-0.2, 0) is 6.54 Å². The Morgan fingerprint density at radius 2 is 2.17 bits per heavy atom. The first-order valence-corrected chi connectivity index (χ1v) is 10.2. The minimum Gasteiger partial charge on any atom is -0.491 e. The molecule has 164 valence electrons. The number of anilines is 1. The third-order valence-corrected chi connectivity index (χ3v) is 4.60. The average Bonchev–Trinajstić information content (AvgIpc) is 3.15. The zero-order chi connectivity index (χ0) is 20.6. The molecule has 1 unspecified atom stereocenters. The number of rotatable bonds is 7. The summed E-state index contributed by atoms with van der Waals surface area (Å²) in [5.41, 5.74) is 1.09. The van der Waals surface area contributed by atoms with Crippen LogP contribution in [0.2, 0.25) is 0 Å². The van der Waals surface area contributed by atoms with Crippen molar-refractivity contribution in [2.45, 2.75) is 45.9 Å². The molecule has 1 atom stereocenters.